The standard InChI is InChI=1S/C18H25N3O2/c1-12-6-7-15(9-16(12)20-13(2)22)21-17(23)18-8-4-3-5-14(18)10-19-11-18/h6-7,9,14,19H,3-5,8,10-11H2,1-2H3,(H,20,22)(H,21,23)/t14-,18+/m0/s1. The molecule has 1 saturated carbocycles. The predicted molar refractivity (Wildman–Crippen MR) is 91.4 cm³/mol. The second-order valence-corrected chi connectivity index (χ2v) is 6.89. The number of amides is 2. The van der Waals surface area contributed by atoms with Crippen LogP contribution in [-0.4, -0.2) is 24.9 Å². The van der Waals surface area contributed by atoms with Crippen LogP contribution in [0.15, 0.2) is 18.2 Å². The van der Waals surface area contributed by atoms with Crippen molar-refractivity contribution in [3.63, 3.8) is 0 Å². The third-order valence-corrected chi connectivity index (χ3v) is 5.30. The molecule has 1 aromatic rings. The maximum Gasteiger partial charge on any atom is 0.232 e. The van der Waals surface area contributed by atoms with Gasteiger partial charge in [0.1, 0.15) is 0 Å². The first-order chi connectivity index (χ1) is 11.0. The van der Waals surface area contributed by atoms with Crippen molar-refractivity contribution in [3.8, 4) is 0 Å². The molecule has 1 saturated heterocycles. The maximum atomic E-state index is 13.0. The largest absolute Gasteiger partial charge is 0.326 e. The van der Waals surface area contributed by atoms with E-state index in [1.54, 1.807) is 0 Å². The van der Waals surface area contributed by atoms with E-state index in [0.29, 0.717) is 5.92 Å². The van der Waals surface area contributed by atoms with Gasteiger partial charge in [0.2, 0.25) is 11.8 Å². The quantitative estimate of drug-likeness (QED) is 0.803. The van der Waals surface area contributed by atoms with Crippen LogP contribution in [0.4, 0.5) is 11.4 Å². The third-order valence-electron chi connectivity index (χ3n) is 5.30. The van der Waals surface area contributed by atoms with Crippen LogP contribution in [0.2, 0.25) is 0 Å². The lowest BCUT2D eigenvalue weighted by Crippen LogP contribution is -2.44. The highest BCUT2D eigenvalue weighted by atomic mass is 16.2. The first-order valence-corrected chi connectivity index (χ1v) is 8.42. The Morgan fingerprint density at radius 3 is 2.87 bits per heavy atom. The van der Waals surface area contributed by atoms with E-state index in [1.807, 2.05) is 25.1 Å². The second kappa shape index (κ2) is 6.32. The summed E-state index contributed by atoms with van der Waals surface area (Å²) >= 11 is 0. The maximum absolute atomic E-state index is 13.0. The summed E-state index contributed by atoms with van der Waals surface area (Å²) in [5.74, 6) is 0.448. The van der Waals surface area contributed by atoms with Crippen molar-refractivity contribution in [2.24, 2.45) is 11.3 Å². The van der Waals surface area contributed by atoms with Gasteiger partial charge in [0.15, 0.2) is 0 Å². The first kappa shape index (κ1) is 16.0. The Bertz CT molecular complexity index is 629. The van der Waals surface area contributed by atoms with Crippen molar-refractivity contribution in [1.29, 1.82) is 0 Å². The van der Waals surface area contributed by atoms with Gasteiger partial charge < -0.3 is 16.0 Å². The molecule has 1 heterocycles. The minimum Gasteiger partial charge on any atom is -0.326 e. The Morgan fingerprint density at radius 1 is 1.26 bits per heavy atom. The summed E-state index contributed by atoms with van der Waals surface area (Å²) in [6.07, 6.45) is 4.43. The Hall–Kier alpha value is -1.88. The summed E-state index contributed by atoms with van der Waals surface area (Å²) in [5.41, 5.74) is 2.21. The molecule has 1 aromatic carbocycles. The van der Waals surface area contributed by atoms with Crippen molar-refractivity contribution in [1.82, 2.24) is 5.32 Å². The number of hydrogen-bond acceptors (Lipinski definition) is 3. The number of carbonyl (C=O) groups is 2. The van der Waals surface area contributed by atoms with Crippen molar-refractivity contribution in [3.05, 3.63) is 23.8 Å². The van der Waals surface area contributed by atoms with Crippen molar-refractivity contribution < 1.29 is 9.59 Å². The van der Waals surface area contributed by atoms with Gasteiger partial charge in [0.25, 0.3) is 0 Å². The average Bonchev–Trinajstić information content (AvgIpc) is 2.95. The van der Waals surface area contributed by atoms with Crippen molar-refractivity contribution in [2.45, 2.75) is 39.5 Å². The predicted octanol–water partition coefficient (Wildman–Crippen LogP) is 2.67. The monoisotopic (exact) mass is 315 g/mol. The Morgan fingerprint density at radius 2 is 2.09 bits per heavy atom. The Balaban J connectivity index is 1.78. The number of aryl methyl sites for hydroxylation is 1. The van der Waals surface area contributed by atoms with Gasteiger partial charge in [-0.25, -0.2) is 0 Å². The number of anilines is 2. The van der Waals surface area contributed by atoms with Crippen LogP contribution in [0.5, 0.6) is 0 Å². The molecule has 124 valence electrons. The molecule has 0 spiro atoms. The number of nitrogens with one attached hydrogen (secondary N) is 3. The SMILES string of the molecule is CC(=O)Nc1cc(NC(=O)[C@@]23CCCC[C@H]2CNC3)ccc1C. The molecular weight excluding hydrogens is 290 g/mol. The van der Waals surface area contributed by atoms with Gasteiger partial charge in [-0.3, -0.25) is 9.59 Å². The highest BCUT2D eigenvalue weighted by Gasteiger charge is 2.49. The summed E-state index contributed by atoms with van der Waals surface area (Å²) in [7, 11) is 0. The average molecular weight is 315 g/mol. The van der Waals surface area contributed by atoms with Gasteiger partial charge in [-0.1, -0.05) is 18.9 Å². The molecule has 2 aliphatic rings. The fourth-order valence-corrected chi connectivity index (χ4v) is 3.97. The number of fused-ring (bicyclic) bond motifs is 1. The van der Waals surface area contributed by atoms with Gasteiger partial charge >= 0.3 is 0 Å². The van der Waals surface area contributed by atoms with E-state index in [0.717, 1.165) is 49.3 Å². The lowest BCUT2D eigenvalue weighted by atomic mass is 9.67. The molecule has 5 heteroatoms. The van der Waals surface area contributed by atoms with Gasteiger partial charge in [0.05, 0.1) is 5.41 Å². The molecule has 5 nitrogen and oxygen atoms in total. The zero-order chi connectivity index (χ0) is 16.4. The van der Waals surface area contributed by atoms with Gasteiger partial charge in [-0.15, -0.1) is 0 Å². The minimum absolute atomic E-state index is 0.109. The number of rotatable bonds is 3. The van der Waals surface area contributed by atoms with Gasteiger partial charge in [0, 0.05) is 24.8 Å². The summed E-state index contributed by atoms with van der Waals surface area (Å²) in [5, 5.41) is 9.29. The van der Waals surface area contributed by atoms with E-state index in [-0.39, 0.29) is 17.2 Å². The van der Waals surface area contributed by atoms with Gasteiger partial charge in [-0.05, 0) is 49.9 Å². The normalized spacial score (nSPS) is 26.4. The van der Waals surface area contributed by atoms with E-state index < -0.39 is 0 Å². The number of benzene rings is 1. The zero-order valence-corrected chi connectivity index (χ0v) is 13.9. The molecule has 2 atom stereocenters. The van der Waals surface area contributed by atoms with Crippen LogP contribution < -0.4 is 16.0 Å². The molecule has 3 rings (SSSR count). The first-order valence-electron chi connectivity index (χ1n) is 8.42. The van der Waals surface area contributed by atoms with E-state index in [2.05, 4.69) is 16.0 Å². The fourth-order valence-electron chi connectivity index (χ4n) is 3.97. The number of carbonyl (C=O) groups excluding carboxylic acids is 2. The molecule has 3 N–H and O–H groups in total. The van der Waals surface area contributed by atoms with Crippen LogP contribution in [0.25, 0.3) is 0 Å². The molecule has 2 fully saturated rings. The molecule has 1 aliphatic carbocycles. The topological polar surface area (TPSA) is 70.2 Å². The highest BCUT2D eigenvalue weighted by molar-refractivity contribution is 5.97. The number of hydrogen-bond donors (Lipinski definition) is 3. The lowest BCUT2D eigenvalue weighted by Gasteiger charge is -2.37. The smallest absolute Gasteiger partial charge is 0.232 e. The molecule has 0 unspecified atom stereocenters. The molecule has 0 aromatic heterocycles. The molecule has 2 amide bonds. The summed E-state index contributed by atoms with van der Waals surface area (Å²) in [6.45, 7) is 5.14. The molecule has 1 aliphatic heterocycles. The fraction of sp³-hybridized carbons (Fsp3) is 0.556. The molecular formula is C18H25N3O2. The zero-order valence-electron chi connectivity index (χ0n) is 13.9. The van der Waals surface area contributed by atoms with E-state index in [9.17, 15) is 9.59 Å². The second-order valence-electron chi connectivity index (χ2n) is 6.89. The summed E-state index contributed by atoms with van der Waals surface area (Å²) in [4.78, 5) is 24.2. The Labute approximate surface area is 137 Å². The Kier molecular flexibility index (Phi) is 4.39. The summed E-state index contributed by atoms with van der Waals surface area (Å²) in [6, 6.07) is 5.66. The van der Waals surface area contributed by atoms with E-state index >= 15 is 0 Å². The third kappa shape index (κ3) is 3.11. The van der Waals surface area contributed by atoms with Gasteiger partial charge in [-0.2, -0.15) is 0 Å². The van der Waals surface area contributed by atoms with Crippen LogP contribution >= 0.6 is 0 Å². The minimum atomic E-state index is -0.267. The van der Waals surface area contributed by atoms with E-state index in [1.165, 1.54) is 13.3 Å². The van der Waals surface area contributed by atoms with Crippen molar-refractivity contribution >= 4 is 23.2 Å². The van der Waals surface area contributed by atoms with Crippen LogP contribution in [0.3, 0.4) is 0 Å². The highest BCUT2D eigenvalue weighted by Crippen LogP contribution is 2.44. The van der Waals surface area contributed by atoms with Crippen LogP contribution in [0, 0.1) is 18.3 Å². The summed E-state index contributed by atoms with van der Waals surface area (Å²) < 4.78 is 0. The van der Waals surface area contributed by atoms with E-state index in [4.69, 9.17) is 0 Å². The molecule has 0 radical (unpaired) electrons. The van der Waals surface area contributed by atoms with Crippen LogP contribution in [0.1, 0.15) is 38.2 Å². The molecule has 0 bridgehead atoms. The lowest BCUT2D eigenvalue weighted by molar-refractivity contribution is -0.128. The molecule has 23 heavy (non-hydrogen) atoms. The van der Waals surface area contributed by atoms with Crippen LogP contribution in [-0.2, 0) is 9.59 Å². The van der Waals surface area contributed by atoms with Crippen molar-refractivity contribution in [2.75, 3.05) is 23.7 Å².